The Balaban J connectivity index is 1.47. The van der Waals surface area contributed by atoms with E-state index in [1.165, 1.54) is 34.8 Å². The Labute approximate surface area is 147 Å². The predicted molar refractivity (Wildman–Crippen MR) is 91.1 cm³/mol. The number of amides is 1. The van der Waals surface area contributed by atoms with Crippen molar-refractivity contribution in [3.63, 3.8) is 0 Å². The van der Waals surface area contributed by atoms with Crippen LogP contribution in [0.4, 0.5) is 13.2 Å². The molecule has 4 nitrogen and oxygen atoms in total. The van der Waals surface area contributed by atoms with Crippen molar-refractivity contribution >= 4 is 43.9 Å². The van der Waals surface area contributed by atoms with Crippen LogP contribution in [0.15, 0.2) is 41.9 Å². The highest BCUT2D eigenvalue weighted by Gasteiger charge is 2.29. The summed E-state index contributed by atoms with van der Waals surface area (Å²) in [4.78, 5) is 18.9. The van der Waals surface area contributed by atoms with E-state index in [-0.39, 0.29) is 12.5 Å². The van der Waals surface area contributed by atoms with Crippen LogP contribution in [0.5, 0.6) is 0 Å². The third-order valence-corrected chi connectivity index (χ3v) is 5.47. The van der Waals surface area contributed by atoms with E-state index < -0.39 is 11.7 Å². The first kappa shape index (κ1) is 16.1. The lowest BCUT2D eigenvalue weighted by Crippen LogP contribution is -2.21. The number of hydrogen-bond donors (Lipinski definition) is 1. The molecule has 0 fully saturated rings. The quantitative estimate of drug-likeness (QED) is 0.566. The standard InChI is InChI=1S/C16H10F3N3OS2/c17-16(18,19)10-3-1-9(2-4-10)8-20-13(23)12-7-11-14(25-12)21-15-22(11)5-6-24-15/h1-7H,8H2,(H,20,23). The summed E-state index contributed by atoms with van der Waals surface area (Å²) in [6.45, 7) is 0.160. The molecule has 128 valence electrons. The molecule has 25 heavy (non-hydrogen) atoms. The summed E-state index contributed by atoms with van der Waals surface area (Å²) in [5, 5.41) is 4.64. The monoisotopic (exact) mass is 381 g/mol. The van der Waals surface area contributed by atoms with E-state index in [4.69, 9.17) is 0 Å². The third kappa shape index (κ3) is 3.00. The number of halogens is 3. The zero-order valence-electron chi connectivity index (χ0n) is 12.5. The molecular formula is C16H10F3N3OS2. The average Bonchev–Trinajstić information content (AvgIpc) is 3.24. The fourth-order valence-electron chi connectivity index (χ4n) is 2.44. The van der Waals surface area contributed by atoms with Crippen LogP contribution in [0.1, 0.15) is 20.8 Å². The lowest BCUT2D eigenvalue weighted by molar-refractivity contribution is -0.137. The first-order valence-electron chi connectivity index (χ1n) is 7.21. The van der Waals surface area contributed by atoms with Gasteiger partial charge in [0.15, 0.2) is 4.96 Å². The molecule has 1 N–H and O–H groups in total. The van der Waals surface area contributed by atoms with Gasteiger partial charge in [-0.2, -0.15) is 13.2 Å². The van der Waals surface area contributed by atoms with Crippen LogP contribution in [0.25, 0.3) is 15.3 Å². The molecule has 0 unspecified atom stereocenters. The number of rotatable bonds is 3. The van der Waals surface area contributed by atoms with Crippen molar-refractivity contribution in [2.45, 2.75) is 12.7 Å². The topological polar surface area (TPSA) is 46.4 Å². The van der Waals surface area contributed by atoms with Crippen LogP contribution in [0.3, 0.4) is 0 Å². The van der Waals surface area contributed by atoms with E-state index >= 15 is 0 Å². The van der Waals surface area contributed by atoms with Gasteiger partial charge in [0.05, 0.1) is 16.0 Å². The fraction of sp³-hybridized carbons (Fsp3) is 0.125. The van der Waals surface area contributed by atoms with Crippen LogP contribution >= 0.6 is 22.7 Å². The summed E-state index contributed by atoms with van der Waals surface area (Å²) in [5.41, 5.74) is 0.771. The van der Waals surface area contributed by atoms with Gasteiger partial charge in [0, 0.05) is 18.1 Å². The lowest BCUT2D eigenvalue weighted by Gasteiger charge is -2.08. The van der Waals surface area contributed by atoms with Gasteiger partial charge < -0.3 is 5.32 Å². The smallest absolute Gasteiger partial charge is 0.347 e. The first-order chi connectivity index (χ1) is 11.9. The molecule has 4 rings (SSSR count). The molecule has 0 aliphatic rings. The van der Waals surface area contributed by atoms with E-state index in [2.05, 4.69) is 10.3 Å². The molecule has 0 bridgehead atoms. The summed E-state index contributed by atoms with van der Waals surface area (Å²) in [6, 6.07) is 6.51. The number of carbonyl (C=O) groups is 1. The van der Waals surface area contributed by atoms with E-state index in [1.807, 2.05) is 16.0 Å². The van der Waals surface area contributed by atoms with Crippen molar-refractivity contribution in [1.82, 2.24) is 14.7 Å². The SMILES string of the molecule is O=C(NCc1ccc(C(F)(F)F)cc1)c1cc2c(nc3sccn32)s1. The van der Waals surface area contributed by atoms with Gasteiger partial charge in [-0.25, -0.2) is 4.98 Å². The number of nitrogens with one attached hydrogen (secondary N) is 1. The molecule has 9 heteroatoms. The largest absolute Gasteiger partial charge is 0.416 e. The van der Waals surface area contributed by atoms with Crippen molar-refractivity contribution in [1.29, 1.82) is 0 Å². The second-order valence-corrected chi connectivity index (χ2v) is 7.25. The number of thiophene rings is 1. The zero-order valence-corrected chi connectivity index (χ0v) is 14.1. The van der Waals surface area contributed by atoms with Crippen LogP contribution in [0.2, 0.25) is 0 Å². The Bertz CT molecular complexity index is 1060. The van der Waals surface area contributed by atoms with Gasteiger partial charge in [0.2, 0.25) is 0 Å². The Morgan fingerprint density at radius 1 is 1.24 bits per heavy atom. The summed E-state index contributed by atoms with van der Waals surface area (Å²) in [5.74, 6) is -0.271. The molecule has 0 radical (unpaired) electrons. The maximum atomic E-state index is 12.5. The van der Waals surface area contributed by atoms with Crippen LogP contribution in [-0.4, -0.2) is 15.3 Å². The van der Waals surface area contributed by atoms with Crippen molar-refractivity contribution in [2.24, 2.45) is 0 Å². The lowest BCUT2D eigenvalue weighted by atomic mass is 10.1. The summed E-state index contributed by atoms with van der Waals surface area (Å²) >= 11 is 2.81. The van der Waals surface area contributed by atoms with Crippen molar-refractivity contribution in [3.05, 3.63) is 57.9 Å². The fourth-order valence-corrected chi connectivity index (χ4v) is 4.16. The van der Waals surface area contributed by atoms with Crippen molar-refractivity contribution < 1.29 is 18.0 Å². The highest BCUT2D eigenvalue weighted by molar-refractivity contribution is 7.21. The van der Waals surface area contributed by atoms with Crippen LogP contribution < -0.4 is 5.32 Å². The van der Waals surface area contributed by atoms with Gasteiger partial charge in [-0.15, -0.1) is 22.7 Å². The highest BCUT2D eigenvalue weighted by Crippen LogP contribution is 2.29. The molecular weight excluding hydrogens is 371 g/mol. The molecule has 4 aromatic rings. The molecule has 1 amide bonds. The van der Waals surface area contributed by atoms with Gasteiger partial charge in [-0.1, -0.05) is 12.1 Å². The van der Waals surface area contributed by atoms with Crippen LogP contribution in [-0.2, 0) is 12.7 Å². The van der Waals surface area contributed by atoms with E-state index in [0.29, 0.717) is 10.4 Å². The molecule has 0 saturated heterocycles. The zero-order chi connectivity index (χ0) is 17.6. The van der Waals surface area contributed by atoms with Crippen LogP contribution in [0, 0.1) is 0 Å². The van der Waals surface area contributed by atoms with Gasteiger partial charge in [-0.3, -0.25) is 9.20 Å². The number of thiazole rings is 1. The number of alkyl halides is 3. The number of benzene rings is 1. The van der Waals surface area contributed by atoms with Crippen molar-refractivity contribution in [2.75, 3.05) is 0 Å². The minimum absolute atomic E-state index is 0.160. The summed E-state index contributed by atoms with van der Waals surface area (Å²) in [7, 11) is 0. The highest BCUT2D eigenvalue weighted by atomic mass is 32.1. The van der Waals surface area contributed by atoms with E-state index in [9.17, 15) is 18.0 Å². The van der Waals surface area contributed by atoms with Crippen molar-refractivity contribution in [3.8, 4) is 0 Å². The predicted octanol–water partition coefficient (Wildman–Crippen LogP) is 4.56. The number of carbonyl (C=O) groups excluding carboxylic acids is 1. The molecule has 0 atom stereocenters. The number of fused-ring (bicyclic) bond motifs is 3. The Hall–Kier alpha value is -2.39. The van der Waals surface area contributed by atoms with Gasteiger partial charge in [0.25, 0.3) is 5.91 Å². The Kier molecular flexibility index (Phi) is 3.77. The first-order valence-corrected chi connectivity index (χ1v) is 8.91. The Morgan fingerprint density at radius 2 is 2.00 bits per heavy atom. The number of aromatic nitrogens is 2. The minimum Gasteiger partial charge on any atom is -0.347 e. The molecule has 1 aromatic carbocycles. The average molecular weight is 381 g/mol. The van der Waals surface area contributed by atoms with Gasteiger partial charge in [-0.05, 0) is 23.8 Å². The van der Waals surface area contributed by atoms with E-state index in [0.717, 1.165) is 27.4 Å². The molecule has 0 aliphatic carbocycles. The summed E-state index contributed by atoms with van der Waals surface area (Å²) in [6.07, 6.45) is -2.47. The molecule has 0 spiro atoms. The third-order valence-electron chi connectivity index (χ3n) is 3.70. The number of nitrogens with zero attached hydrogens (tertiary/aromatic N) is 2. The number of hydrogen-bond acceptors (Lipinski definition) is 4. The molecule has 0 saturated carbocycles. The summed E-state index contributed by atoms with van der Waals surface area (Å²) < 4.78 is 39.5. The molecule has 0 aliphatic heterocycles. The van der Waals surface area contributed by atoms with Gasteiger partial charge in [0.1, 0.15) is 4.83 Å². The van der Waals surface area contributed by atoms with E-state index in [1.54, 1.807) is 6.07 Å². The maximum absolute atomic E-state index is 12.5. The molecule has 3 aromatic heterocycles. The number of imidazole rings is 1. The Morgan fingerprint density at radius 3 is 2.72 bits per heavy atom. The minimum atomic E-state index is -4.36. The second kappa shape index (κ2) is 5.85. The van der Waals surface area contributed by atoms with Gasteiger partial charge >= 0.3 is 6.18 Å². The molecule has 3 heterocycles. The normalized spacial score (nSPS) is 12.1. The second-order valence-electron chi connectivity index (χ2n) is 5.35. The maximum Gasteiger partial charge on any atom is 0.416 e.